The molecule has 2 N–H and O–H groups in total. The van der Waals surface area contributed by atoms with E-state index in [0.717, 1.165) is 64.2 Å². The third-order valence-electron chi connectivity index (χ3n) is 14.4. The second-order valence-electron chi connectivity index (χ2n) is 23.5. The molecule has 0 saturated heterocycles. The van der Waals surface area contributed by atoms with Crippen LogP contribution in [0.2, 0.25) is 0 Å². The maximum absolute atomic E-state index is 10.2. The minimum Gasteiger partial charge on any atom is -0.726 e. The van der Waals surface area contributed by atoms with Crippen LogP contribution in [0.25, 0.3) is 0 Å². The normalized spacial score (nSPS) is 11.3. The second-order valence-corrected chi connectivity index (χ2v) is 29.5. The van der Waals surface area contributed by atoms with E-state index in [9.17, 15) is 55.7 Å². The Morgan fingerprint density at radius 1 is 0.263 bits per heavy atom. The molecule has 29 heteroatoms. The Kier molecular flexibility index (Phi) is 103. The van der Waals surface area contributed by atoms with Crippen molar-refractivity contribution in [3.8, 4) is 0 Å². The summed E-state index contributed by atoms with van der Waals surface area (Å²) < 4.78 is 169. The van der Waals surface area contributed by atoms with Crippen LogP contribution in [0.15, 0.2) is 30.3 Å². The summed E-state index contributed by atoms with van der Waals surface area (Å²) in [5, 5.41) is 1.24. The predicted octanol–water partition coefficient (Wildman–Crippen LogP) is 9.80. The number of benzene rings is 1. The molecule has 1 atom stereocenters. The van der Waals surface area contributed by atoms with Crippen LogP contribution in [0.3, 0.4) is 0 Å². The fourth-order valence-corrected chi connectivity index (χ4v) is 11.1. The van der Waals surface area contributed by atoms with Gasteiger partial charge in [-0.1, -0.05) is 354 Å². The van der Waals surface area contributed by atoms with E-state index in [1.165, 1.54) is 230 Å². The zero-order valence-corrected chi connectivity index (χ0v) is 72.4. The van der Waals surface area contributed by atoms with E-state index >= 15 is 0 Å². The van der Waals surface area contributed by atoms with Gasteiger partial charge in [-0.3, -0.25) is 21.7 Å². The summed E-state index contributed by atoms with van der Waals surface area (Å²) in [7, 11) is -19.3. The fourth-order valence-electron chi connectivity index (χ4n) is 9.21. The zero-order chi connectivity index (χ0) is 70.0. The van der Waals surface area contributed by atoms with Crippen LogP contribution in [0.5, 0.6) is 0 Å². The van der Waals surface area contributed by atoms with Crippen molar-refractivity contribution in [1.29, 1.82) is 0 Å². The molecule has 0 aromatic heterocycles. The Bertz CT molecular complexity index is 1880. The molecule has 0 amide bonds. The first-order valence-corrected chi connectivity index (χ1v) is 42.9. The Labute approximate surface area is 653 Å². The summed E-state index contributed by atoms with van der Waals surface area (Å²) in [6.45, 7) is 11.3. The van der Waals surface area contributed by atoms with Crippen molar-refractivity contribution in [2.75, 3.05) is 33.0 Å². The Morgan fingerprint density at radius 3 is 0.516 bits per heavy atom. The molecule has 1 aromatic carbocycles. The maximum Gasteiger partial charge on any atom is 1.00 e. The average Bonchev–Trinajstić information content (AvgIpc) is 3.69. The van der Waals surface area contributed by atoms with Crippen LogP contribution in [0, 0.1) is 0 Å². The molecule has 0 fully saturated rings. The first-order valence-electron chi connectivity index (χ1n) is 35.5. The molecule has 20 nitrogen and oxygen atoms in total. The van der Waals surface area contributed by atoms with Crippen molar-refractivity contribution >= 4 is 66.5 Å². The van der Waals surface area contributed by atoms with Crippen LogP contribution < -0.4 is 94.0 Å². The van der Waals surface area contributed by atoms with Gasteiger partial charge in [0.1, 0.15) is 0 Å². The minimum atomic E-state index is -4.48. The SMILES string of the molecule is CCCCCCCCCCCCOS(=O)(=O)O.CCCCCCCCCCCCOS(=O)(=O)O.CCCCCCCCCCCCOS(=O)(=O)[O-].CCCCCCCCCCCCOS(=O)(=O)[O-].CCCCCCCCCCCCOS(=O)(=O)[O-].Pc1ccccc1.[Na+].[Na+].[Na+]. The minimum absolute atomic E-state index is 0. The molecule has 1 rings (SSSR count). The van der Waals surface area contributed by atoms with Gasteiger partial charge in [0.2, 0.25) is 31.2 Å². The summed E-state index contributed by atoms with van der Waals surface area (Å²) in [5.74, 6) is 0. The van der Waals surface area contributed by atoms with E-state index in [-0.39, 0.29) is 122 Å². The van der Waals surface area contributed by atoms with Gasteiger partial charge in [-0.05, 0) is 37.4 Å². The van der Waals surface area contributed by atoms with Crippen molar-refractivity contribution < 1.29 is 174 Å². The molecule has 0 aliphatic rings. The van der Waals surface area contributed by atoms with Crippen LogP contribution >= 0.6 is 9.24 Å². The number of unbranched alkanes of at least 4 members (excludes halogenated alkanes) is 45. The van der Waals surface area contributed by atoms with Gasteiger partial charge in [-0.25, -0.2) is 33.6 Å². The van der Waals surface area contributed by atoms with Crippen molar-refractivity contribution in [1.82, 2.24) is 0 Å². The standard InChI is InChI=1S/5C12H26O4S.C6H7P.3Na/c5*1-2-3-4-5-6-7-8-9-10-11-12-16-17(13,14)15;7-6-4-2-1-3-5-6;;;/h5*2-12H2,1H3,(H,13,14,15);1-5H,7H2;;;/q;;;;;;3*+1/p-3. The summed E-state index contributed by atoms with van der Waals surface area (Å²) in [6, 6.07) is 10.1. The first-order chi connectivity index (χ1) is 43.7. The Balaban J connectivity index is -0.000000160. The van der Waals surface area contributed by atoms with Crippen LogP contribution in [0.4, 0.5) is 0 Å². The monoisotopic (exact) mass is 1510 g/mol. The summed E-state index contributed by atoms with van der Waals surface area (Å²) in [6.07, 6.45) is 58.8. The third-order valence-corrected chi connectivity index (χ3v) is 17.1. The van der Waals surface area contributed by atoms with Crippen LogP contribution in [-0.2, 0) is 72.9 Å². The van der Waals surface area contributed by atoms with Crippen LogP contribution in [-0.4, -0.2) is 97.9 Å². The third kappa shape index (κ3) is 133. The van der Waals surface area contributed by atoms with E-state index in [4.69, 9.17) is 9.11 Å². The van der Waals surface area contributed by atoms with Crippen LogP contribution in [0.1, 0.15) is 356 Å². The van der Waals surface area contributed by atoms with Gasteiger partial charge < -0.3 is 13.7 Å². The van der Waals surface area contributed by atoms with Gasteiger partial charge in [0.15, 0.2) is 0 Å². The molecule has 95 heavy (non-hydrogen) atoms. The molecule has 1 aromatic rings. The van der Waals surface area contributed by atoms with E-state index in [0.29, 0.717) is 32.1 Å². The van der Waals surface area contributed by atoms with E-state index in [1.807, 2.05) is 30.3 Å². The largest absolute Gasteiger partial charge is 1.00 e. The molecule has 0 heterocycles. The smallest absolute Gasteiger partial charge is 0.726 e. The molecule has 0 aliphatic heterocycles. The second kappa shape index (κ2) is 86.6. The maximum atomic E-state index is 10.2. The van der Waals surface area contributed by atoms with E-state index < -0.39 is 52.0 Å². The number of hydrogen-bond acceptors (Lipinski definition) is 18. The molecule has 0 bridgehead atoms. The van der Waals surface area contributed by atoms with Gasteiger partial charge in [-0.15, -0.1) is 9.24 Å². The Hall–Kier alpha value is 2.00. The molecular formula is C66H134Na3O20PS5. The van der Waals surface area contributed by atoms with Gasteiger partial charge in [0.25, 0.3) is 0 Å². The van der Waals surface area contributed by atoms with Gasteiger partial charge >= 0.3 is 109 Å². The van der Waals surface area contributed by atoms with Crippen molar-refractivity contribution in [2.45, 2.75) is 356 Å². The molecule has 0 saturated carbocycles. The van der Waals surface area contributed by atoms with Crippen molar-refractivity contribution in [2.24, 2.45) is 0 Å². The molecule has 0 aliphatic carbocycles. The molecule has 0 spiro atoms. The Morgan fingerprint density at radius 2 is 0.400 bits per heavy atom. The summed E-state index contributed by atoms with van der Waals surface area (Å²) >= 11 is 0. The quantitative estimate of drug-likeness (QED) is 0.0201. The predicted molar refractivity (Wildman–Crippen MR) is 377 cm³/mol. The first kappa shape index (κ1) is 113. The van der Waals surface area contributed by atoms with Gasteiger partial charge in [-0.2, -0.15) is 16.8 Å². The van der Waals surface area contributed by atoms with Crippen molar-refractivity contribution in [3.63, 3.8) is 0 Å². The number of rotatable bonds is 60. The van der Waals surface area contributed by atoms with Gasteiger partial charge in [0, 0.05) is 0 Å². The summed E-state index contributed by atoms with van der Waals surface area (Å²) in [5.41, 5.74) is 0. The van der Waals surface area contributed by atoms with Crippen molar-refractivity contribution in [3.05, 3.63) is 30.3 Å². The summed E-state index contributed by atoms with van der Waals surface area (Å²) in [4.78, 5) is 0. The van der Waals surface area contributed by atoms with E-state index in [2.05, 4.69) is 64.8 Å². The molecule has 0 radical (unpaired) electrons. The molecule has 1 unspecified atom stereocenters. The topological polar surface area (TPSA) is 326 Å². The van der Waals surface area contributed by atoms with E-state index in [1.54, 1.807) is 0 Å². The molecule has 556 valence electrons. The average molecular weight is 1510 g/mol. The fraction of sp³-hybridized carbons (Fsp3) is 0.909. The molecular weight excluding hydrogens is 1370 g/mol. The zero-order valence-electron chi connectivity index (χ0n) is 61.1. The number of hydrogen-bond donors (Lipinski definition) is 2. The van der Waals surface area contributed by atoms with Gasteiger partial charge in [0.05, 0.1) is 33.0 Å².